The summed E-state index contributed by atoms with van der Waals surface area (Å²) in [5.74, 6) is -0.0113. The van der Waals surface area contributed by atoms with Crippen LogP contribution in [0, 0.1) is 6.92 Å². The monoisotopic (exact) mass is 371 g/mol. The van der Waals surface area contributed by atoms with Gasteiger partial charge in [-0.1, -0.05) is 30.3 Å². The molecule has 1 saturated heterocycles. The van der Waals surface area contributed by atoms with Crippen molar-refractivity contribution in [2.75, 3.05) is 13.1 Å². The molecule has 0 saturated carbocycles. The molecule has 3 aromatic rings. The Morgan fingerprint density at radius 3 is 2.65 bits per heavy atom. The van der Waals surface area contributed by atoms with E-state index in [-0.39, 0.29) is 16.9 Å². The molecule has 0 radical (unpaired) electrons. The van der Waals surface area contributed by atoms with E-state index in [4.69, 9.17) is 5.73 Å². The van der Waals surface area contributed by atoms with Crippen molar-refractivity contribution in [2.45, 2.75) is 23.8 Å². The number of sulfonamides is 1. The quantitative estimate of drug-likeness (QED) is 0.751. The zero-order chi connectivity index (χ0) is 18.5. The van der Waals surface area contributed by atoms with E-state index in [0.29, 0.717) is 18.7 Å². The zero-order valence-corrected chi connectivity index (χ0v) is 15.5. The third kappa shape index (κ3) is 2.70. The first-order valence-corrected chi connectivity index (χ1v) is 9.92. The molecule has 4 rings (SSSR count). The van der Waals surface area contributed by atoms with Gasteiger partial charge in [0.1, 0.15) is 4.90 Å². The summed E-state index contributed by atoms with van der Waals surface area (Å²) < 4.78 is 29.4. The molecule has 1 aliphatic rings. The van der Waals surface area contributed by atoms with Crippen LogP contribution in [0.2, 0.25) is 0 Å². The van der Waals surface area contributed by atoms with Crippen molar-refractivity contribution < 1.29 is 8.42 Å². The Morgan fingerprint density at radius 2 is 1.92 bits per heavy atom. The van der Waals surface area contributed by atoms with Gasteiger partial charge in [-0.15, -0.1) is 0 Å². The molecule has 0 amide bonds. The molecule has 0 spiro atoms. The van der Waals surface area contributed by atoms with Crippen molar-refractivity contribution in [2.24, 2.45) is 12.8 Å². The van der Waals surface area contributed by atoms with Gasteiger partial charge in [-0.25, -0.2) is 13.4 Å². The van der Waals surface area contributed by atoms with Crippen LogP contribution in [0.25, 0.3) is 11.0 Å². The molecule has 7 nitrogen and oxygen atoms in total. The van der Waals surface area contributed by atoms with Gasteiger partial charge in [0.25, 0.3) is 0 Å². The Morgan fingerprint density at radius 1 is 1.19 bits per heavy atom. The van der Waals surface area contributed by atoms with E-state index in [2.05, 4.69) is 10.1 Å². The van der Waals surface area contributed by atoms with Crippen LogP contribution in [0.1, 0.15) is 17.2 Å². The molecule has 0 bridgehead atoms. The van der Waals surface area contributed by atoms with Crippen molar-refractivity contribution in [3.63, 3.8) is 0 Å². The molecule has 136 valence electrons. The topological polar surface area (TPSA) is 94.1 Å². The minimum Gasteiger partial charge on any atom is -0.326 e. The van der Waals surface area contributed by atoms with Crippen LogP contribution in [0.3, 0.4) is 0 Å². The number of nitrogens with zero attached hydrogens (tertiary/aromatic N) is 4. The van der Waals surface area contributed by atoms with Crippen LogP contribution >= 0.6 is 0 Å². The van der Waals surface area contributed by atoms with Crippen LogP contribution in [0.4, 0.5) is 0 Å². The van der Waals surface area contributed by atoms with Crippen molar-refractivity contribution in [1.82, 2.24) is 19.1 Å². The second-order valence-electron chi connectivity index (χ2n) is 6.75. The predicted octanol–water partition coefficient (Wildman–Crippen LogP) is 1.39. The Bertz CT molecular complexity index is 1060. The molecule has 0 aliphatic carbocycles. The van der Waals surface area contributed by atoms with E-state index < -0.39 is 10.0 Å². The fourth-order valence-corrected chi connectivity index (χ4v) is 5.10. The van der Waals surface area contributed by atoms with Gasteiger partial charge in [0.15, 0.2) is 5.65 Å². The molecule has 2 atom stereocenters. The average Bonchev–Trinajstić information content (AvgIpc) is 3.16. The molecule has 1 aliphatic heterocycles. The second kappa shape index (κ2) is 6.15. The maximum Gasteiger partial charge on any atom is 0.244 e. The fourth-order valence-electron chi connectivity index (χ4n) is 3.62. The van der Waals surface area contributed by atoms with Gasteiger partial charge in [-0.2, -0.15) is 9.40 Å². The molecular formula is C18H21N5O2S. The number of nitrogens with two attached hydrogens (primary N) is 1. The van der Waals surface area contributed by atoms with E-state index in [1.54, 1.807) is 17.8 Å². The molecule has 2 aromatic heterocycles. The SMILES string of the molecule is Cc1nn(C)c2ncc(S(=O)(=O)N3C[C@@H](N)[C@H](c4ccccc4)C3)cc12. The van der Waals surface area contributed by atoms with Crippen LogP contribution in [0.15, 0.2) is 47.5 Å². The first kappa shape index (κ1) is 17.1. The summed E-state index contributed by atoms with van der Waals surface area (Å²) in [6.07, 6.45) is 1.40. The third-order valence-electron chi connectivity index (χ3n) is 5.04. The molecular weight excluding hydrogens is 350 g/mol. The van der Waals surface area contributed by atoms with Crippen LogP contribution in [0.5, 0.6) is 0 Å². The number of rotatable bonds is 3. The Hall–Kier alpha value is -2.29. The smallest absolute Gasteiger partial charge is 0.244 e. The lowest BCUT2D eigenvalue weighted by Gasteiger charge is -2.16. The zero-order valence-electron chi connectivity index (χ0n) is 14.7. The fraction of sp³-hybridized carbons (Fsp3) is 0.333. The van der Waals surface area contributed by atoms with E-state index in [1.807, 2.05) is 37.3 Å². The van der Waals surface area contributed by atoms with Gasteiger partial charge >= 0.3 is 0 Å². The highest BCUT2D eigenvalue weighted by Gasteiger charge is 2.38. The minimum atomic E-state index is -3.66. The predicted molar refractivity (Wildman–Crippen MR) is 99.2 cm³/mol. The Labute approximate surface area is 152 Å². The first-order chi connectivity index (χ1) is 12.4. The highest BCUT2D eigenvalue weighted by molar-refractivity contribution is 7.89. The highest BCUT2D eigenvalue weighted by atomic mass is 32.2. The maximum absolute atomic E-state index is 13.1. The number of fused-ring (bicyclic) bond motifs is 1. The molecule has 1 fully saturated rings. The largest absolute Gasteiger partial charge is 0.326 e. The van der Waals surface area contributed by atoms with E-state index >= 15 is 0 Å². The van der Waals surface area contributed by atoms with Gasteiger partial charge in [0.2, 0.25) is 10.0 Å². The summed E-state index contributed by atoms with van der Waals surface area (Å²) in [6.45, 7) is 2.52. The summed E-state index contributed by atoms with van der Waals surface area (Å²) in [4.78, 5) is 4.48. The number of hydrogen-bond acceptors (Lipinski definition) is 5. The molecule has 1 aromatic carbocycles. The van der Waals surface area contributed by atoms with Gasteiger partial charge in [0.05, 0.1) is 5.69 Å². The van der Waals surface area contributed by atoms with Crippen LogP contribution in [-0.2, 0) is 17.1 Å². The van der Waals surface area contributed by atoms with Crippen molar-refractivity contribution >= 4 is 21.1 Å². The number of hydrogen-bond donors (Lipinski definition) is 1. The maximum atomic E-state index is 13.1. The molecule has 0 unspecified atom stereocenters. The van der Waals surface area contributed by atoms with Gasteiger partial charge in [-0.3, -0.25) is 4.68 Å². The van der Waals surface area contributed by atoms with Crippen LogP contribution < -0.4 is 5.73 Å². The number of aromatic nitrogens is 3. The second-order valence-corrected chi connectivity index (χ2v) is 8.69. The molecule has 8 heteroatoms. The van der Waals surface area contributed by atoms with E-state index in [1.165, 1.54) is 10.5 Å². The first-order valence-electron chi connectivity index (χ1n) is 8.48. The summed E-state index contributed by atoms with van der Waals surface area (Å²) in [7, 11) is -1.87. The van der Waals surface area contributed by atoms with Crippen molar-refractivity contribution in [3.8, 4) is 0 Å². The lowest BCUT2D eigenvalue weighted by atomic mass is 9.95. The van der Waals surface area contributed by atoms with Crippen molar-refractivity contribution in [3.05, 3.63) is 53.9 Å². The van der Waals surface area contributed by atoms with Gasteiger partial charge < -0.3 is 5.73 Å². The summed E-state index contributed by atoms with van der Waals surface area (Å²) in [5, 5.41) is 5.05. The van der Waals surface area contributed by atoms with Gasteiger partial charge in [-0.05, 0) is 18.6 Å². The summed E-state index contributed by atoms with van der Waals surface area (Å²) in [5.41, 5.74) is 8.75. The number of benzene rings is 1. The standard InChI is InChI=1S/C18H21N5O2S/c1-12-15-8-14(9-20-18(15)22(2)21-12)26(24,25)23-10-16(17(19)11-23)13-6-4-3-5-7-13/h3-9,16-17H,10-11,19H2,1-2H3/t16-,17+/m0/s1. The number of aryl methyl sites for hydroxylation is 2. The normalized spacial score (nSPS) is 21.5. The molecule has 26 heavy (non-hydrogen) atoms. The van der Waals surface area contributed by atoms with E-state index in [0.717, 1.165) is 16.6 Å². The van der Waals surface area contributed by atoms with Crippen molar-refractivity contribution in [1.29, 1.82) is 0 Å². The lowest BCUT2D eigenvalue weighted by Crippen LogP contribution is -2.32. The third-order valence-corrected chi connectivity index (χ3v) is 6.83. The lowest BCUT2D eigenvalue weighted by molar-refractivity contribution is 0.470. The summed E-state index contributed by atoms with van der Waals surface area (Å²) >= 11 is 0. The molecule has 3 heterocycles. The summed E-state index contributed by atoms with van der Waals surface area (Å²) in [6, 6.07) is 11.2. The highest BCUT2D eigenvalue weighted by Crippen LogP contribution is 2.31. The number of pyridine rings is 1. The van der Waals surface area contributed by atoms with Gasteiger partial charge in [0, 0.05) is 43.7 Å². The van der Waals surface area contributed by atoms with Crippen LogP contribution in [-0.4, -0.2) is 46.6 Å². The Balaban J connectivity index is 1.68. The molecule has 2 N–H and O–H groups in total. The van der Waals surface area contributed by atoms with E-state index in [9.17, 15) is 8.42 Å². The Kier molecular flexibility index (Phi) is 4.06. The minimum absolute atomic E-state index is 0.0113. The average molecular weight is 371 g/mol.